The van der Waals surface area contributed by atoms with Gasteiger partial charge < -0.3 is 60.7 Å². The molecule has 0 aliphatic carbocycles. The van der Waals surface area contributed by atoms with Crippen molar-refractivity contribution in [1.82, 2.24) is 58.7 Å². The molecule has 12 rings (SSSR count). The van der Waals surface area contributed by atoms with E-state index in [4.69, 9.17) is 0 Å². The van der Waals surface area contributed by atoms with E-state index in [9.17, 15) is 101 Å². The van der Waals surface area contributed by atoms with Crippen molar-refractivity contribution >= 4 is 52.9 Å². The van der Waals surface area contributed by atoms with Crippen LogP contribution in [0.5, 0.6) is 0 Å². The summed E-state index contributed by atoms with van der Waals surface area (Å²) in [6, 6.07) is 1.39. The van der Waals surface area contributed by atoms with Crippen LogP contribution < -0.4 is 16.0 Å². The zero-order valence-electron chi connectivity index (χ0n) is 54.3. The van der Waals surface area contributed by atoms with Crippen LogP contribution in [0.3, 0.4) is 0 Å². The van der Waals surface area contributed by atoms with Crippen molar-refractivity contribution in [3.63, 3.8) is 0 Å². The summed E-state index contributed by atoms with van der Waals surface area (Å²) in [4.78, 5) is 86.2. The third-order valence-corrected chi connectivity index (χ3v) is 18.2. The van der Waals surface area contributed by atoms with Gasteiger partial charge in [-0.25, -0.2) is 31.9 Å². The highest BCUT2D eigenvalue weighted by Crippen LogP contribution is 2.39. The smallest absolute Gasteiger partial charge is 0.396 e. The number of carbonyl (C=O) groups excluding carboxylic acids is 6. The minimum atomic E-state index is -5.07. The second-order valence-electron chi connectivity index (χ2n) is 25.6. The van der Waals surface area contributed by atoms with Crippen molar-refractivity contribution in [3.05, 3.63) is 139 Å². The molecule has 3 aromatic carbocycles. The summed E-state index contributed by atoms with van der Waals surface area (Å²) in [5.74, 6) is -7.46. The van der Waals surface area contributed by atoms with Crippen molar-refractivity contribution in [2.24, 2.45) is 17.8 Å². The van der Waals surface area contributed by atoms with Gasteiger partial charge in [-0.1, -0.05) is 0 Å². The lowest BCUT2D eigenvalue weighted by Gasteiger charge is -2.33. The van der Waals surface area contributed by atoms with Crippen molar-refractivity contribution in [2.75, 3.05) is 76.5 Å². The van der Waals surface area contributed by atoms with Gasteiger partial charge in [0.05, 0.1) is 59.1 Å². The first-order chi connectivity index (χ1) is 46.9. The highest BCUT2D eigenvalue weighted by Gasteiger charge is 2.43. The van der Waals surface area contributed by atoms with Gasteiger partial charge in [-0.3, -0.25) is 28.4 Å². The molecule has 0 radical (unpaired) electrons. The number of nitrogens with zero attached hydrogens (tertiary/aromatic N) is 12. The van der Waals surface area contributed by atoms with Crippen LogP contribution in [0.25, 0.3) is 0 Å². The largest absolute Gasteiger partial charge is 0.419 e. The number of anilines is 3. The molecule has 6 aromatic rings. The number of nitrogens with one attached hydrogen (secondary N) is 3. The molecular weight excluding hydrogens is 1360 g/mol. The average Bonchev–Trinajstić information content (AvgIpc) is 1.61. The maximum Gasteiger partial charge on any atom is 0.419 e. The molecule has 9 heterocycles. The van der Waals surface area contributed by atoms with Crippen LogP contribution in [0, 0.1) is 41.0 Å². The van der Waals surface area contributed by atoms with E-state index in [2.05, 4.69) is 31.2 Å². The van der Waals surface area contributed by atoms with Gasteiger partial charge in [0.15, 0.2) is 0 Å². The first-order valence-corrected chi connectivity index (χ1v) is 31.3. The van der Waals surface area contributed by atoms with Gasteiger partial charge in [0, 0.05) is 170 Å². The highest BCUT2D eigenvalue weighted by molar-refractivity contribution is 5.97. The van der Waals surface area contributed by atoms with Gasteiger partial charge in [0.25, 0.3) is 17.7 Å². The molecule has 24 nitrogen and oxygen atoms in total. The number of aromatic nitrogens is 6. The number of hydrogen-bond donors (Lipinski definition) is 6. The molecule has 0 saturated heterocycles. The minimum Gasteiger partial charge on any atom is -0.396 e. The van der Waals surface area contributed by atoms with Crippen molar-refractivity contribution in [2.45, 2.75) is 116 Å². The van der Waals surface area contributed by atoms with Gasteiger partial charge in [0.2, 0.25) is 0 Å². The van der Waals surface area contributed by atoms with Crippen LogP contribution in [0.2, 0.25) is 0 Å². The number of halogens is 13. The SMILES string of the molecule is C[C@@H]1Cc2nn3c(c2CN1C(=O)Nc1cc(C(F)(F)F)c(F)cc1F)C(=O)N(C)C[C@H](CO)C3.C[C@@H]1Cc2nn3c(c2CN1C(=O)Nc1ccc(F)c(C(F)(F)F)c1)C(=O)N(C)C[C@@H](CO)C3.C[C@@H]1Cc2nn3c(c2CN1C(=O)Nc1ccc(F)c(C(F)(F)F)c1)C(=O)N(C)C[C@H](CO)C3. The molecule has 540 valence electrons. The van der Waals surface area contributed by atoms with E-state index in [1.54, 1.807) is 51.3 Å². The predicted octanol–water partition coefficient (Wildman–Crippen LogP) is 8.28. The first kappa shape index (κ1) is 73.2. The van der Waals surface area contributed by atoms with E-state index in [0.717, 1.165) is 12.1 Å². The lowest BCUT2D eigenvalue weighted by molar-refractivity contribution is -0.140. The molecule has 100 heavy (non-hydrogen) atoms. The Kier molecular flexibility index (Phi) is 20.7. The zero-order chi connectivity index (χ0) is 73.1. The highest BCUT2D eigenvalue weighted by atomic mass is 19.4. The van der Waals surface area contributed by atoms with Crippen molar-refractivity contribution < 1.29 is 101 Å². The molecule has 6 aliphatic rings. The lowest BCUT2D eigenvalue weighted by Crippen LogP contribution is -2.45. The van der Waals surface area contributed by atoms with Gasteiger partial charge in [0.1, 0.15) is 40.4 Å². The Morgan fingerprint density at radius 3 is 1.04 bits per heavy atom. The monoisotopic (exact) mass is 1430 g/mol. The fourth-order valence-electron chi connectivity index (χ4n) is 13.0. The second-order valence-corrected chi connectivity index (χ2v) is 25.6. The molecule has 0 spiro atoms. The Labute approximate surface area is 560 Å². The molecule has 9 amide bonds. The van der Waals surface area contributed by atoms with Crippen molar-refractivity contribution in [3.8, 4) is 0 Å². The fourth-order valence-corrected chi connectivity index (χ4v) is 13.0. The molecular formula is C63H68F13N15O9. The van der Waals surface area contributed by atoms with E-state index >= 15 is 0 Å². The van der Waals surface area contributed by atoms with Crippen LogP contribution in [0.4, 0.5) is 88.5 Å². The second kappa shape index (κ2) is 28.2. The number of urea groups is 3. The summed E-state index contributed by atoms with van der Waals surface area (Å²) in [6.07, 6.45) is -13.9. The Hall–Kier alpha value is -9.52. The van der Waals surface area contributed by atoms with Crippen LogP contribution in [0.1, 0.15) is 103 Å². The number of carbonyl (C=O) groups is 6. The Morgan fingerprint density at radius 2 is 0.740 bits per heavy atom. The standard InChI is InChI=1S/C21H22F5N5O3.2C21H23F4N5O3/c1-10-3-16-12(18-19(33)29(2)6-11(9-32)7-31(18)28-16)8-30(10)20(34)27-17-4-13(21(24,25)26)14(22)5-15(17)23;2*1-11-5-17-14(18-19(32)28(2)7-12(10-31)8-30(18)27-17)9-29(11)20(33)26-13-3-4-16(22)15(6-13)21(23,24)25/h4-5,10-11,32H,3,6-9H2,1-2H3,(H,27,34);2*3-4,6,11-12,31H,5,7-10H2,1-2H3,(H,26,33)/t10-,11+;11-,12+;11-,12-/m111/s1. The Balaban J connectivity index is 0.000000162. The van der Waals surface area contributed by atoms with Gasteiger partial charge >= 0.3 is 36.6 Å². The van der Waals surface area contributed by atoms with Gasteiger partial charge in [-0.15, -0.1) is 0 Å². The third kappa shape index (κ3) is 15.0. The molecule has 6 aliphatic heterocycles. The maximum absolute atomic E-state index is 14.1. The maximum atomic E-state index is 14.1. The summed E-state index contributed by atoms with van der Waals surface area (Å²) >= 11 is 0. The number of aliphatic hydroxyl groups excluding tert-OH is 3. The fraction of sp³-hybridized carbons (Fsp3) is 0.476. The molecule has 0 saturated carbocycles. The van der Waals surface area contributed by atoms with Crippen LogP contribution >= 0.6 is 0 Å². The quantitative estimate of drug-likeness (QED) is 0.0860. The van der Waals surface area contributed by atoms with E-state index in [-0.39, 0.29) is 123 Å². The van der Waals surface area contributed by atoms with Crippen LogP contribution in [0.15, 0.2) is 48.5 Å². The summed E-state index contributed by atoms with van der Waals surface area (Å²) in [5, 5.41) is 49.3. The normalized spacial score (nSPS) is 20.8. The summed E-state index contributed by atoms with van der Waals surface area (Å²) in [6.45, 7) is 6.89. The van der Waals surface area contributed by atoms with E-state index in [1.165, 1.54) is 34.1 Å². The number of alkyl halides is 9. The van der Waals surface area contributed by atoms with Gasteiger partial charge in [-0.05, 0) is 63.2 Å². The third-order valence-electron chi connectivity index (χ3n) is 18.2. The number of amides is 9. The number of hydrogen-bond acceptors (Lipinski definition) is 12. The minimum absolute atomic E-state index is 0.0361. The summed E-state index contributed by atoms with van der Waals surface area (Å²) in [7, 11) is 4.84. The van der Waals surface area contributed by atoms with Crippen molar-refractivity contribution in [1.29, 1.82) is 0 Å². The first-order valence-electron chi connectivity index (χ1n) is 31.3. The topological polar surface area (TPSA) is 272 Å². The number of rotatable bonds is 6. The molecule has 0 bridgehead atoms. The number of aliphatic hydroxyl groups is 3. The molecule has 0 unspecified atom stereocenters. The number of fused-ring (bicyclic) bond motifs is 9. The number of benzene rings is 3. The van der Waals surface area contributed by atoms with E-state index in [0.29, 0.717) is 122 Å². The summed E-state index contributed by atoms with van der Waals surface area (Å²) in [5.41, 5.74) is -1.31. The Bertz CT molecular complexity index is 4000. The zero-order valence-corrected chi connectivity index (χ0v) is 54.3. The molecule has 6 atom stereocenters. The molecule has 37 heteroatoms. The van der Waals surface area contributed by atoms with E-state index < -0.39 is 88.3 Å². The van der Waals surface area contributed by atoms with Crippen LogP contribution in [-0.4, -0.2) is 189 Å². The molecule has 3 aromatic heterocycles. The summed E-state index contributed by atoms with van der Waals surface area (Å²) < 4.78 is 177. The molecule has 6 N–H and O–H groups in total. The predicted molar refractivity (Wildman–Crippen MR) is 327 cm³/mol. The van der Waals surface area contributed by atoms with Crippen LogP contribution in [-0.2, 0) is 77.1 Å². The van der Waals surface area contributed by atoms with E-state index in [1.807, 2.05) is 0 Å². The Morgan fingerprint density at radius 1 is 0.440 bits per heavy atom. The average molecular weight is 1430 g/mol. The van der Waals surface area contributed by atoms with Gasteiger partial charge in [-0.2, -0.15) is 54.8 Å². The lowest BCUT2D eigenvalue weighted by atomic mass is 9.99. The molecule has 0 fully saturated rings.